The summed E-state index contributed by atoms with van der Waals surface area (Å²) in [5.74, 6) is 1.82. The van der Waals surface area contributed by atoms with E-state index in [1.54, 1.807) is 6.26 Å². The average molecular weight is 236 g/mol. The van der Waals surface area contributed by atoms with Crippen molar-refractivity contribution < 1.29 is 4.42 Å². The second kappa shape index (κ2) is 6.22. The first kappa shape index (κ1) is 12.7. The number of nitrogens with one attached hydrogen (secondary N) is 1. The molecular weight excluding hydrogens is 212 g/mol. The van der Waals surface area contributed by atoms with Crippen molar-refractivity contribution in [2.75, 3.05) is 19.6 Å². The molecule has 0 saturated carbocycles. The Kier molecular flexibility index (Phi) is 4.63. The van der Waals surface area contributed by atoms with Crippen LogP contribution in [-0.2, 0) is 6.54 Å². The molecule has 1 atom stereocenters. The number of piperidine rings is 1. The van der Waals surface area contributed by atoms with Gasteiger partial charge in [-0.05, 0) is 57.8 Å². The van der Waals surface area contributed by atoms with E-state index in [0.717, 1.165) is 24.8 Å². The van der Waals surface area contributed by atoms with E-state index in [9.17, 15) is 0 Å². The highest BCUT2D eigenvalue weighted by molar-refractivity contribution is 4.97. The maximum Gasteiger partial charge on any atom is 0.117 e. The molecule has 0 aliphatic carbocycles. The summed E-state index contributed by atoms with van der Waals surface area (Å²) in [5, 5.41) is 3.50. The number of nitrogens with zero attached hydrogens (tertiary/aromatic N) is 1. The minimum absolute atomic E-state index is 0.683. The van der Waals surface area contributed by atoms with E-state index in [1.807, 2.05) is 12.1 Å². The first-order chi connectivity index (χ1) is 8.25. The molecule has 0 aromatic carbocycles. The van der Waals surface area contributed by atoms with E-state index in [-0.39, 0.29) is 0 Å². The van der Waals surface area contributed by atoms with Crippen molar-refractivity contribution in [2.24, 2.45) is 5.92 Å². The monoisotopic (exact) mass is 236 g/mol. The third-order valence-electron chi connectivity index (χ3n) is 3.59. The van der Waals surface area contributed by atoms with Crippen molar-refractivity contribution in [3.8, 4) is 0 Å². The van der Waals surface area contributed by atoms with E-state index in [2.05, 4.69) is 24.1 Å². The molecular formula is C14H24N2O. The normalized spacial score (nSPS) is 22.2. The van der Waals surface area contributed by atoms with Crippen molar-refractivity contribution in [2.45, 2.75) is 39.3 Å². The molecule has 1 saturated heterocycles. The molecule has 1 fully saturated rings. The van der Waals surface area contributed by atoms with Crippen LogP contribution >= 0.6 is 0 Å². The SMILES string of the molecule is CC(C)N1CCCC(CNCc2ccco2)C1. The molecule has 0 amide bonds. The van der Waals surface area contributed by atoms with Gasteiger partial charge in [-0.25, -0.2) is 0 Å². The molecule has 96 valence electrons. The molecule has 2 heterocycles. The Morgan fingerprint density at radius 3 is 3.12 bits per heavy atom. The summed E-state index contributed by atoms with van der Waals surface area (Å²) in [5.41, 5.74) is 0. The fourth-order valence-corrected chi connectivity index (χ4v) is 2.55. The van der Waals surface area contributed by atoms with Gasteiger partial charge in [0.2, 0.25) is 0 Å². The molecule has 0 bridgehead atoms. The van der Waals surface area contributed by atoms with Gasteiger partial charge in [-0.1, -0.05) is 0 Å². The maximum absolute atomic E-state index is 5.31. The van der Waals surface area contributed by atoms with Gasteiger partial charge in [0.05, 0.1) is 12.8 Å². The van der Waals surface area contributed by atoms with Gasteiger partial charge in [0.25, 0.3) is 0 Å². The number of rotatable bonds is 5. The second-order valence-corrected chi connectivity index (χ2v) is 5.31. The highest BCUT2D eigenvalue weighted by Crippen LogP contribution is 2.17. The fourth-order valence-electron chi connectivity index (χ4n) is 2.55. The van der Waals surface area contributed by atoms with Gasteiger partial charge >= 0.3 is 0 Å². The lowest BCUT2D eigenvalue weighted by atomic mass is 9.97. The highest BCUT2D eigenvalue weighted by atomic mass is 16.3. The molecule has 3 heteroatoms. The summed E-state index contributed by atoms with van der Waals surface area (Å²) < 4.78 is 5.31. The first-order valence-electron chi connectivity index (χ1n) is 6.73. The third kappa shape index (κ3) is 3.86. The van der Waals surface area contributed by atoms with E-state index in [4.69, 9.17) is 4.42 Å². The maximum atomic E-state index is 5.31. The molecule has 1 aliphatic rings. The lowest BCUT2D eigenvalue weighted by Gasteiger charge is -2.35. The van der Waals surface area contributed by atoms with Gasteiger partial charge in [0.1, 0.15) is 5.76 Å². The highest BCUT2D eigenvalue weighted by Gasteiger charge is 2.21. The fraction of sp³-hybridized carbons (Fsp3) is 0.714. The molecule has 1 unspecified atom stereocenters. The van der Waals surface area contributed by atoms with Crippen LogP contribution in [0.4, 0.5) is 0 Å². The quantitative estimate of drug-likeness (QED) is 0.851. The van der Waals surface area contributed by atoms with Crippen LogP contribution in [0, 0.1) is 5.92 Å². The molecule has 17 heavy (non-hydrogen) atoms. The van der Waals surface area contributed by atoms with Gasteiger partial charge in [-0.15, -0.1) is 0 Å². The van der Waals surface area contributed by atoms with Crippen LogP contribution < -0.4 is 5.32 Å². The van der Waals surface area contributed by atoms with Crippen molar-refractivity contribution in [3.63, 3.8) is 0 Å². The van der Waals surface area contributed by atoms with Crippen LogP contribution in [0.5, 0.6) is 0 Å². The predicted molar refractivity (Wildman–Crippen MR) is 69.8 cm³/mol. The van der Waals surface area contributed by atoms with Crippen molar-refractivity contribution >= 4 is 0 Å². The Labute approximate surface area is 104 Å². The number of hydrogen-bond donors (Lipinski definition) is 1. The number of hydrogen-bond acceptors (Lipinski definition) is 3. The molecule has 0 spiro atoms. The summed E-state index contributed by atoms with van der Waals surface area (Å²) in [6.45, 7) is 9.04. The van der Waals surface area contributed by atoms with Crippen LogP contribution in [0.3, 0.4) is 0 Å². The van der Waals surface area contributed by atoms with E-state index in [1.165, 1.54) is 25.9 Å². The molecule has 1 aliphatic heterocycles. The van der Waals surface area contributed by atoms with Crippen LogP contribution in [0.1, 0.15) is 32.4 Å². The molecule has 1 aromatic heterocycles. The summed E-state index contributed by atoms with van der Waals surface area (Å²) in [6.07, 6.45) is 4.43. The predicted octanol–water partition coefficient (Wildman–Crippen LogP) is 2.49. The van der Waals surface area contributed by atoms with Gasteiger partial charge < -0.3 is 14.6 Å². The summed E-state index contributed by atoms with van der Waals surface area (Å²) in [7, 11) is 0. The number of likely N-dealkylation sites (tertiary alicyclic amines) is 1. The van der Waals surface area contributed by atoms with Crippen molar-refractivity contribution in [1.29, 1.82) is 0 Å². The Balaban J connectivity index is 1.68. The van der Waals surface area contributed by atoms with Crippen molar-refractivity contribution in [1.82, 2.24) is 10.2 Å². The van der Waals surface area contributed by atoms with Gasteiger partial charge in [0, 0.05) is 12.6 Å². The first-order valence-corrected chi connectivity index (χ1v) is 6.73. The smallest absolute Gasteiger partial charge is 0.117 e. The van der Waals surface area contributed by atoms with Crippen LogP contribution in [0.2, 0.25) is 0 Å². The Morgan fingerprint density at radius 1 is 1.53 bits per heavy atom. The molecule has 3 nitrogen and oxygen atoms in total. The molecule has 0 radical (unpaired) electrons. The van der Waals surface area contributed by atoms with Crippen LogP contribution in [-0.4, -0.2) is 30.6 Å². The summed E-state index contributed by atoms with van der Waals surface area (Å²) >= 11 is 0. The third-order valence-corrected chi connectivity index (χ3v) is 3.59. The number of furan rings is 1. The minimum Gasteiger partial charge on any atom is -0.468 e. The Bertz CT molecular complexity index is 308. The van der Waals surface area contributed by atoms with Crippen molar-refractivity contribution in [3.05, 3.63) is 24.2 Å². The molecule has 1 N–H and O–H groups in total. The Morgan fingerprint density at radius 2 is 2.41 bits per heavy atom. The topological polar surface area (TPSA) is 28.4 Å². The minimum atomic E-state index is 0.683. The Hall–Kier alpha value is -0.800. The average Bonchev–Trinajstić information content (AvgIpc) is 2.82. The summed E-state index contributed by atoms with van der Waals surface area (Å²) in [4.78, 5) is 2.59. The molecule has 2 rings (SSSR count). The molecule has 1 aromatic rings. The van der Waals surface area contributed by atoms with E-state index in [0.29, 0.717) is 6.04 Å². The van der Waals surface area contributed by atoms with E-state index < -0.39 is 0 Å². The van der Waals surface area contributed by atoms with Crippen LogP contribution in [0.15, 0.2) is 22.8 Å². The van der Waals surface area contributed by atoms with Crippen LogP contribution in [0.25, 0.3) is 0 Å². The summed E-state index contributed by atoms with van der Waals surface area (Å²) in [6, 6.07) is 4.65. The van der Waals surface area contributed by atoms with Gasteiger partial charge in [-0.2, -0.15) is 0 Å². The van der Waals surface area contributed by atoms with Gasteiger partial charge in [0.15, 0.2) is 0 Å². The lowest BCUT2D eigenvalue weighted by Crippen LogP contribution is -2.42. The second-order valence-electron chi connectivity index (χ2n) is 5.31. The zero-order chi connectivity index (χ0) is 12.1. The lowest BCUT2D eigenvalue weighted by molar-refractivity contribution is 0.138. The zero-order valence-electron chi connectivity index (χ0n) is 11.0. The van der Waals surface area contributed by atoms with E-state index >= 15 is 0 Å². The zero-order valence-corrected chi connectivity index (χ0v) is 11.0. The largest absolute Gasteiger partial charge is 0.468 e. The standard InChI is InChI=1S/C14H24N2O/c1-12(2)16-7-3-5-13(11-16)9-15-10-14-6-4-8-17-14/h4,6,8,12-13,15H,3,5,7,9-11H2,1-2H3. The van der Waals surface area contributed by atoms with Gasteiger partial charge in [-0.3, -0.25) is 0 Å².